The Morgan fingerprint density at radius 1 is 1.35 bits per heavy atom. The van der Waals surface area contributed by atoms with E-state index in [0.29, 0.717) is 25.4 Å². The van der Waals surface area contributed by atoms with E-state index in [2.05, 4.69) is 34.0 Å². The number of hydrogen-bond donors (Lipinski definition) is 2. The summed E-state index contributed by atoms with van der Waals surface area (Å²) in [6.07, 6.45) is 4.85. The summed E-state index contributed by atoms with van der Waals surface area (Å²) in [6.45, 7) is 7.51. The molecule has 2 aliphatic heterocycles. The molecule has 0 unspecified atom stereocenters. The molecule has 2 saturated heterocycles. The normalized spacial score (nSPS) is 25.6. The van der Waals surface area contributed by atoms with Crippen LogP contribution >= 0.6 is 0 Å². The van der Waals surface area contributed by atoms with Crippen molar-refractivity contribution in [2.75, 3.05) is 26.2 Å². The molecule has 23 heavy (non-hydrogen) atoms. The van der Waals surface area contributed by atoms with Crippen LogP contribution in [0, 0.1) is 5.92 Å². The molecule has 3 heterocycles. The Kier molecular flexibility index (Phi) is 4.66. The van der Waals surface area contributed by atoms with Gasteiger partial charge >= 0.3 is 0 Å². The minimum absolute atomic E-state index is 0.0210. The van der Waals surface area contributed by atoms with Crippen LogP contribution in [0.4, 0.5) is 0 Å². The maximum absolute atomic E-state index is 12.7. The Balaban J connectivity index is 1.62. The number of amides is 2. The number of hydrogen-bond acceptors (Lipinski definition) is 4. The van der Waals surface area contributed by atoms with Crippen molar-refractivity contribution >= 4 is 11.8 Å². The molecule has 2 aliphatic rings. The molecule has 2 atom stereocenters. The first-order valence-electron chi connectivity index (χ1n) is 8.35. The molecule has 2 fully saturated rings. The second kappa shape index (κ2) is 6.70. The number of carbonyl (C=O) groups excluding carboxylic acids is 2. The zero-order valence-electron chi connectivity index (χ0n) is 13.8. The number of fused-ring (bicyclic) bond motifs is 1. The SMILES string of the molecule is CC(C)CCN1CCN2C(=O)[C@H](Cc3cnc[nH]3)NC(=O)[C@H]2C1. The average molecular weight is 319 g/mol. The monoisotopic (exact) mass is 319 g/mol. The predicted molar refractivity (Wildman–Crippen MR) is 85.6 cm³/mol. The molecule has 0 aliphatic carbocycles. The molecule has 3 rings (SSSR count). The van der Waals surface area contributed by atoms with Gasteiger partial charge in [0.1, 0.15) is 12.1 Å². The van der Waals surface area contributed by atoms with Crippen LogP contribution in [-0.2, 0) is 16.0 Å². The van der Waals surface area contributed by atoms with Gasteiger partial charge in [-0.1, -0.05) is 13.8 Å². The van der Waals surface area contributed by atoms with E-state index >= 15 is 0 Å². The number of nitrogens with one attached hydrogen (secondary N) is 2. The Morgan fingerprint density at radius 3 is 2.87 bits per heavy atom. The fourth-order valence-corrected chi connectivity index (χ4v) is 3.26. The van der Waals surface area contributed by atoms with Gasteiger partial charge in [-0.2, -0.15) is 0 Å². The van der Waals surface area contributed by atoms with Crippen molar-refractivity contribution in [2.24, 2.45) is 5.92 Å². The summed E-state index contributed by atoms with van der Waals surface area (Å²) in [6, 6.07) is -0.831. The Bertz CT molecular complexity index is 557. The quantitative estimate of drug-likeness (QED) is 0.801. The van der Waals surface area contributed by atoms with Gasteiger partial charge in [-0.25, -0.2) is 4.98 Å². The average Bonchev–Trinajstić information content (AvgIpc) is 3.03. The molecule has 1 aromatic rings. The third-order valence-electron chi connectivity index (χ3n) is 4.67. The molecule has 2 N–H and O–H groups in total. The van der Waals surface area contributed by atoms with Crippen LogP contribution in [0.15, 0.2) is 12.5 Å². The van der Waals surface area contributed by atoms with Crippen molar-refractivity contribution in [3.05, 3.63) is 18.2 Å². The molecule has 0 radical (unpaired) electrons. The molecule has 1 aromatic heterocycles. The maximum atomic E-state index is 12.7. The summed E-state index contributed by atoms with van der Waals surface area (Å²) in [5.74, 6) is 0.629. The summed E-state index contributed by atoms with van der Waals surface area (Å²) >= 11 is 0. The fourth-order valence-electron chi connectivity index (χ4n) is 3.26. The third kappa shape index (κ3) is 3.55. The van der Waals surface area contributed by atoms with Gasteiger partial charge in [0.2, 0.25) is 11.8 Å². The van der Waals surface area contributed by atoms with Crippen molar-refractivity contribution in [1.29, 1.82) is 0 Å². The third-order valence-corrected chi connectivity index (χ3v) is 4.67. The summed E-state index contributed by atoms with van der Waals surface area (Å²) in [7, 11) is 0. The highest BCUT2D eigenvalue weighted by Gasteiger charge is 2.43. The van der Waals surface area contributed by atoms with E-state index in [1.54, 1.807) is 17.4 Å². The molecule has 0 bridgehead atoms. The molecular formula is C16H25N5O2. The predicted octanol–water partition coefficient (Wildman–Crippen LogP) is 0.00950. The zero-order chi connectivity index (χ0) is 16.4. The first-order valence-corrected chi connectivity index (χ1v) is 8.35. The highest BCUT2D eigenvalue weighted by molar-refractivity contribution is 5.97. The van der Waals surface area contributed by atoms with Gasteiger partial charge in [-0.05, 0) is 18.9 Å². The van der Waals surface area contributed by atoms with Crippen molar-refractivity contribution in [3.63, 3.8) is 0 Å². The molecule has 126 valence electrons. The van der Waals surface area contributed by atoms with E-state index < -0.39 is 6.04 Å². The van der Waals surface area contributed by atoms with Crippen molar-refractivity contribution in [1.82, 2.24) is 25.1 Å². The van der Waals surface area contributed by atoms with Gasteiger partial charge in [0, 0.05) is 37.9 Å². The summed E-state index contributed by atoms with van der Waals surface area (Å²) in [5.41, 5.74) is 0.859. The molecule has 0 aromatic carbocycles. The van der Waals surface area contributed by atoms with Crippen LogP contribution in [0.5, 0.6) is 0 Å². The topological polar surface area (TPSA) is 81.3 Å². The van der Waals surface area contributed by atoms with Crippen molar-refractivity contribution in [2.45, 2.75) is 38.8 Å². The van der Waals surface area contributed by atoms with Crippen LogP contribution in [0.2, 0.25) is 0 Å². The van der Waals surface area contributed by atoms with E-state index in [9.17, 15) is 9.59 Å². The highest BCUT2D eigenvalue weighted by Crippen LogP contribution is 2.18. The summed E-state index contributed by atoms with van der Waals surface area (Å²) < 4.78 is 0. The van der Waals surface area contributed by atoms with Crippen LogP contribution in [-0.4, -0.2) is 69.8 Å². The van der Waals surface area contributed by atoms with Crippen LogP contribution in [0.1, 0.15) is 26.0 Å². The number of imidazole rings is 1. The van der Waals surface area contributed by atoms with Gasteiger partial charge in [0.15, 0.2) is 0 Å². The Labute approximate surface area is 136 Å². The van der Waals surface area contributed by atoms with E-state index in [1.165, 1.54) is 0 Å². The number of carbonyl (C=O) groups is 2. The van der Waals surface area contributed by atoms with Gasteiger partial charge in [0.25, 0.3) is 0 Å². The van der Waals surface area contributed by atoms with Crippen LogP contribution < -0.4 is 5.32 Å². The molecule has 0 saturated carbocycles. The lowest BCUT2D eigenvalue weighted by Crippen LogP contribution is -2.69. The zero-order valence-corrected chi connectivity index (χ0v) is 13.8. The Hall–Kier alpha value is -1.89. The van der Waals surface area contributed by atoms with E-state index in [4.69, 9.17) is 0 Å². The van der Waals surface area contributed by atoms with Gasteiger partial charge in [-0.3, -0.25) is 14.5 Å². The summed E-state index contributed by atoms with van der Waals surface area (Å²) in [5, 5.41) is 2.88. The molecule has 7 nitrogen and oxygen atoms in total. The smallest absolute Gasteiger partial charge is 0.246 e. The minimum atomic E-state index is -0.485. The van der Waals surface area contributed by atoms with E-state index in [-0.39, 0.29) is 17.9 Å². The highest BCUT2D eigenvalue weighted by atomic mass is 16.2. The van der Waals surface area contributed by atoms with Crippen molar-refractivity contribution in [3.8, 4) is 0 Å². The molecule has 0 spiro atoms. The molecular weight excluding hydrogens is 294 g/mol. The first kappa shape index (κ1) is 16.0. The largest absolute Gasteiger partial charge is 0.348 e. The van der Waals surface area contributed by atoms with Gasteiger partial charge in [0.05, 0.1) is 6.33 Å². The van der Waals surface area contributed by atoms with Crippen LogP contribution in [0.3, 0.4) is 0 Å². The lowest BCUT2D eigenvalue weighted by molar-refractivity contribution is -0.152. The van der Waals surface area contributed by atoms with Gasteiger partial charge < -0.3 is 15.2 Å². The second-order valence-corrected chi connectivity index (χ2v) is 6.87. The number of aromatic amines is 1. The van der Waals surface area contributed by atoms with Gasteiger partial charge in [-0.15, -0.1) is 0 Å². The van der Waals surface area contributed by atoms with E-state index in [0.717, 1.165) is 25.2 Å². The number of H-pyrrole nitrogens is 1. The van der Waals surface area contributed by atoms with Crippen LogP contribution in [0.25, 0.3) is 0 Å². The minimum Gasteiger partial charge on any atom is -0.348 e. The first-order chi connectivity index (χ1) is 11.0. The van der Waals surface area contributed by atoms with E-state index in [1.807, 2.05) is 0 Å². The summed E-state index contributed by atoms with van der Waals surface area (Å²) in [4.78, 5) is 36.1. The second-order valence-electron chi connectivity index (χ2n) is 6.87. The molecule has 2 amide bonds. The number of aromatic nitrogens is 2. The standard InChI is InChI=1S/C16H25N5O2/c1-11(2)3-4-20-5-6-21-14(9-20)15(22)19-13(16(21)23)7-12-8-17-10-18-12/h8,10-11,13-14H,3-7,9H2,1-2H3,(H,17,18)(H,19,22)/t13-,14+/m0/s1. The lowest BCUT2D eigenvalue weighted by atomic mass is 10.0. The Morgan fingerprint density at radius 2 is 2.17 bits per heavy atom. The number of piperazine rings is 2. The lowest BCUT2D eigenvalue weighted by Gasteiger charge is -2.45. The molecule has 7 heteroatoms. The van der Waals surface area contributed by atoms with Crippen molar-refractivity contribution < 1.29 is 9.59 Å². The maximum Gasteiger partial charge on any atom is 0.246 e. The number of rotatable bonds is 5. The number of nitrogens with zero attached hydrogens (tertiary/aromatic N) is 3. The fraction of sp³-hybridized carbons (Fsp3) is 0.688.